The van der Waals surface area contributed by atoms with Gasteiger partial charge in [0.05, 0.1) is 22.8 Å². The van der Waals surface area contributed by atoms with E-state index in [2.05, 4.69) is 5.32 Å². The van der Waals surface area contributed by atoms with Gasteiger partial charge in [-0.3, -0.25) is 4.79 Å². The van der Waals surface area contributed by atoms with Crippen molar-refractivity contribution in [2.45, 2.75) is 19.8 Å². The minimum Gasteiger partial charge on any atom is -0.462 e. The molecule has 0 saturated heterocycles. The third kappa shape index (κ3) is 6.55. The Bertz CT molecular complexity index is 852. The van der Waals surface area contributed by atoms with Gasteiger partial charge in [-0.05, 0) is 48.9 Å². The molecule has 148 valence electrons. The van der Waals surface area contributed by atoms with E-state index in [1.807, 2.05) is 6.92 Å². The van der Waals surface area contributed by atoms with E-state index in [1.54, 1.807) is 24.3 Å². The van der Waals surface area contributed by atoms with Crippen LogP contribution >= 0.6 is 23.2 Å². The Hall–Kier alpha value is -2.57. The van der Waals surface area contributed by atoms with Crippen molar-refractivity contribution in [2.75, 3.05) is 18.5 Å². The van der Waals surface area contributed by atoms with Crippen molar-refractivity contribution in [2.24, 2.45) is 0 Å². The van der Waals surface area contributed by atoms with Gasteiger partial charge in [-0.1, -0.05) is 36.5 Å². The fourth-order valence-corrected chi connectivity index (χ4v) is 2.63. The average Bonchev–Trinajstić information content (AvgIpc) is 2.67. The maximum Gasteiger partial charge on any atom is 0.340 e. The molecule has 6 nitrogen and oxygen atoms in total. The van der Waals surface area contributed by atoms with Crippen molar-refractivity contribution in [3.8, 4) is 0 Å². The number of amides is 1. The number of carbonyl (C=O) groups excluding carboxylic acids is 3. The normalized spacial score (nSPS) is 10.2. The van der Waals surface area contributed by atoms with Gasteiger partial charge < -0.3 is 14.8 Å². The van der Waals surface area contributed by atoms with Crippen molar-refractivity contribution >= 4 is 46.7 Å². The molecule has 0 aromatic heterocycles. The van der Waals surface area contributed by atoms with E-state index in [0.717, 1.165) is 12.8 Å². The second kappa shape index (κ2) is 10.7. The minimum atomic E-state index is -0.734. The molecule has 0 aliphatic carbocycles. The third-order valence-corrected chi connectivity index (χ3v) is 4.17. The van der Waals surface area contributed by atoms with Crippen LogP contribution in [0.25, 0.3) is 0 Å². The fourth-order valence-electron chi connectivity index (χ4n) is 2.14. The molecule has 0 spiro atoms. The predicted octanol–water partition coefficient (Wildman–Crippen LogP) is 4.75. The molecule has 2 aromatic rings. The number of anilines is 1. The van der Waals surface area contributed by atoms with Crippen LogP contribution in [-0.2, 0) is 14.3 Å². The molecule has 1 N–H and O–H groups in total. The lowest BCUT2D eigenvalue weighted by atomic mass is 10.2. The lowest BCUT2D eigenvalue weighted by Gasteiger charge is -2.08. The standard InChI is InChI=1S/C20H19Cl2NO5/c1-2-3-10-27-19(25)13-4-7-15(8-5-13)23-18(24)12-28-20(26)16-9-6-14(21)11-17(16)22/h4-9,11H,2-3,10,12H2,1H3,(H,23,24). The first-order valence-corrected chi connectivity index (χ1v) is 9.35. The van der Waals surface area contributed by atoms with Crippen molar-refractivity contribution < 1.29 is 23.9 Å². The van der Waals surface area contributed by atoms with Gasteiger partial charge in [0.25, 0.3) is 5.91 Å². The quantitative estimate of drug-likeness (QED) is 0.489. The first-order valence-electron chi connectivity index (χ1n) is 8.60. The SMILES string of the molecule is CCCCOC(=O)c1ccc(NC(=O)COC(=O)c2ccc(Cl)cc2Cl)cc1. The molecule has 0 saturated carbocycles. The summed E-state index contributed by atoms with van der Waals surface area (Å²) in [7, 11) is 0. The third-order valence-electron chi connectivity index (χ3n) is 3.62. The largest absolute Gasteiger partial charge is 0.462 e. The Balaban J connectivity index is 1.84. The zero-order valence-electron chi connectivity index (χ0n) is 15.2. The second-order valence-corrected chi connectivity index (χ2v) is 6.66. The molecule has 8 heteroatoms. The van der Waals surface area contributed by atoms with Crippen molar-refractivity contribution in [3.63, 3.8) is 0 Å². The predicted molar refractivity (Wildman–Crippen MR) is 107 cm³/mol. The maximum atomic E-state index is 12.0. The Kier molecular flexibility index (Phi) is 8.29. The molecular formula is C20H19Cl2NO5. The fraction of sp³-hybridized carbons (Fsp3) is 0.250. The highest BCUT2D eigenvalue weighted by Crippen LogP contribution is 2.21. The Morgan fingerprint density at radius 2 is 1.68 bits per heavy atom. The number of rotatable bonds is 8. The van der Waals surface area contributed by atoms with Gasteiger partial charge in [-0.2, -0.15) is 0 Å². The molecule has 1 amide bonds. The van der Waals surface area contributed by atoms with Crippen molar-refractivity contribution in [1.82, 2.24) is 0 Å². The number of halogens is 2. The van der Waals surface area contributed by atoms with Crippen LogP contribution < -0.4 is 5.32 Å². The lowest BCUT2D eigenvalue weighted by molar-refractivity contribution is -0.119. The summed E-state index contributed by atoms with van der Waals surface area (Å²) in [6.45, 7) is 1.89. The molecule has 28 heavy (non-hydrogen) atoms. The van der Waals surface area contributed by atoms with E-state index in [9.17, 15) is 14.4 Å². The Labute approximate surface area is 172 Å². The molecule has 2 aromatic carbocycles. The second-order valence-electron chi connectivity index (χ2n) is 5.82. The molecule has 0 aliphatic rings. The number of esters is 2. The maximum absolute atomic E-state index is 12.0. The van der Waals surface area contributed by atoms with Crippen molar-refractivity contribution in [1.29, 1.82) is 0 Å². The van der Waals surface area contributed by atoms with Gasteiger partial charge in [-0.25, -0.2) is 9.59 Å². The van der Waals surface area contributed by atoms with Crippen LogP contribution in [0.15, 0.2) is 42.5 Å². The van der Waals surface area contributed by atoms with E-state index < -0.39 is 24.5 Å². The summed E-state index contributed by atoms with van der Waals surface area (Å²) >= 11 is 11.7. The Morgan fingerprint density at radius 3 is 2.32 bits per heavy atom. The summed E-state index contributed by atoms with van der Waals surface area (Å²) < 4.78 is 10.1. The van der Waals surface area contributed by atoms with E-state index in [0.29, 0.717) is 22.9 Å². The monoisotopic (exact) mass is 423 g/mol. The van der Waals surface area contributed by atoms with Crippen LogP contribution in [0.4, 0.5) is 5.69 Å². The van der Waals surface area contributed by atoms with Crippen LogP contribution in [0.3, 0.4) is 0 Å². The summed E-state index contributed by atoms with van der Waals surface area (Å²) in [5.74, 6) is -1.68. The van der Waals surface area contributed by atoms with Gasteiger partial charge in [0.1, 0.15) is 0 Å². The highest BCUT2D eigenvalue weighted by molar-refractivity contribution is 6.36. The summed E-state index contributed by atoms with van der Waals surface area (Å²) in [6, 6.07) is 10.5. The average molecular weight is 424 g/mol. The topological polar surface area (TPSA) is 81.7 Å². The molecule has 2 rings (SSSR count). The van der Waals surface area contributed by atoms with Gasteiger partial charge >= 0.3 is 11.9 Å². The van der Waals surface area contributed by atoms with Gasteiger partial charge in [0.2, 0.25) is 0 Å². The summed E-state index contributed by atoms with van der Waals surface area (Å²) in [4.78, 5) is 35.8. The van der Waals surface area contributed by atoms with E-state index in [4.69, 9.17) is 32.7 Å². The molecule has 0 radical (unpaired) electrons. The molecule has 0 heterocycles. The molecule has 0 fully saturated rings. The van der Waals surface area contributed by atoms with Gasteiger partial charge in [0, 0.05) is 10.7 Å². The number of hydrogen-bond acceptors (Lipinski definition) is 5. The van der Waals surface area contributed by atoms with Crippen LogP contribution in [-0.4, -0.2) is 31.1 Å². The van der Waals surface area contributed by atoms with Crippen LogP contribution in [0.2, 0.25) is 10.0 Å². The zero-order valence-corrected chi connectivity index (χ0v) is 16.7. The minimum absolute atomic E-state index is 0.116. The highest BCUT2D eigenvalue weighted by Gasteiger charge is 2.14. The van der Waals surface area contributed by atoms with E-state index in [-0.39, 0.29) is 10.6 Å². The smallest absolute Gasteiger partial charge is 0.340 e. The molecule has 0 bridgehead atoms. The van der Waals surface area contributed by atoms with E-state index >= 15 is 0 Å². The number of hydrogen-bond donors (Lipinski definition) is 1. The number of carbonyl (C=O) groups is 3. The van der Waals surface area contributed by atoms with Crippen LogP contribution in [0.5, 0.6) is 0 Å². The van der Waals surface area contributed by atoms with Gasteiger partial charge in [0.15, 0.2) is 6.61 Å². The Morgan fingerprint density at radius 1 is 0.964 bits per heavy atom. The molecular weight excluding hydrogens is 405 g/mol. The number of ether oxygens (including phenoxy) is 2. The molecule has 0 atom stereocenters. The van der Waals surface area contributed by atoms with Crippen molar-refractivity contribution in [3.05, 3.63) is 63.6 Å². The molecule has 0 aliphatic heterocycles. The number of nitrogens with one attached hydrogen (secondary N) is 1. The van der Waals surface area contributed by atoms with Gasteiger partial charge in [-0.15, -0.1) is 0 Å². The van der Waals surface area contributed by atoms with Crippen LogP contribution in [0.1, 0.15) is 40.5 Å². The highest BCUT2D eigenvalue weighted by atomic mass is 35.5. The van der Waals surface area contributed by atoms with Crippen LogP contribution in [0, 0.1) is 0 Å². The first kappa shape index (κ1) is 21.7. The number of benzene rings is 2. The number of unbranched alkanes of at least 4 members (excludes halogenated alkanes) is 1. The summed E-state index contributed by atoms with van der Waals surface area (Å²) in [5, 5.41) is 3.09. The summed E-state index contributed by atoms with van der Waals surface area (Å²) in [6.07, 6.45) is 1.74. The van der Waals surface area contributed by atoms with E-state index in [1.165, 1.54) is 18.2 Å². The first-order chi connectivity index (χ1) is 13.4. The molecule has 0 unspecified atom stereocenters. The summed E-state index contributed by atoms with van der Waals surface area (Å²) in [5.41, 5.74) is 0.957. The zero-order chi connectivity index (χ0) is 20.5. The lowest BCUT2D eigenvalue weighted by Crippen LogP contribution is -2.21.